The van der Waals surface area contributed by atoms with Crippen LogP contribution in [0.4, 0.5) is 13.2 Å². The molecule has 2 rings (SSSR count). The number of hydrogen-bond donors (Lipinski definition) is 0. The van der Waals surface area contributed by atoms with Gasteiger partial charge < -0.3 is 4.42 Å². The zero-order valence-electron chi connectivity index (χ0n) is 15.3. The SMILES string of the molecule is C[N+]#Cc1ccc2nc(C(C)(C)C)oc2c1S(=O)(=O)C(C)(C)C(F)(F)F. The van der Waals surface area contributed by atoms with Crippen LogP contribution < -0.4 is 0 Å². The summed E-state index contributed by atoms with van der Waals surface area (Å²) in [6, 6.07) is 5.23. The zero-order chi connectivity index (χ0) is 20.1. The molecule has 0 amide bonds. The van der Waals surface area contributed by atoms with Crippen LogP contribution in [-0.2, 0) is 15.3 Å². The number of oxazole rings is 1. The van der Waals surface area contributed by atoms with Gasteiger partial charge in [0.2, 0.25) is 5.89 Å². The van der Waals surface area contributed by atoms with Crippen molar-refractivity contribution in [3.05, 3.63) is 28.4 Å². The molecule has 0 aliphatic rings. The second-order valence-electron chi connectivity index (χ2n) is 7.41. The van der Waals surface area contributed by atoms with Crippen molar-refractivity contribution in [2.45, 2.75) is 55.9 Å². The number of rotatable bonds is 2. The lowest BCUT2D eigenvalue weighted by Gasteiger charge is -2.27. The van der Waals surface area contributed by atoms with Crippen molar-refractivity contribution in [2.24, 2.45) is 0 Å². The van der Waals surface area contributed by atoms with Gasteiger partial charge in [-0.3, -0.25) is 0 Å². The number of nitrogens with zero attached hydrogens (tertiary/aromatic N) is 2. The molecule has 9 heteroatoms. The van der Waals surface area contributed by atoms with E-state index < -0.39 is 31.1 Å². The molecule has 2 aromatic rings. The minimum Gasteiger partial charge on any atom is -0.439 e. The highest BCUT2D eigenvalue weighted by Gasteiger charge is 2.58. The van der Waals surface area contributed by atoms with E-state index in [1.807, 2.05) is 0 Å². The Hall–Kier alpha value is -2.08. The molecule has 0 atom stereocenters. The second kappa shape index (κ2) is 5.98. The van der Waals surface area contributed by atoms with Crippen LogP contribution >= 0.6 is 0 Å². The van der Waals surface area contributed by atoms with Crippen LogP contribution in [0.1, 0.15) is 46.1 Å². The van der Waals surface area contributed by atoms with Gasteiger partial charge in [0.25, 0.3) is 7.05 Å². The average molecular weight is 389 g/mol. The number of alkyl halides is 3. The summed E-state index contributed by atoms with van der Waals surface area (Å²) in [5, 5.41) is 0. The summed E-state index contributed by atoms with van der Waals surface area (Å²) in [6.07, 6.45) is -4.98. The van der Waals surface area contributed by atoms with Gasteiger partial charge in [0.1, 0.15) is 16.0 Å². The first kappa shape index (κ1) is 20.2. The quantitative estimate of drug-likeness (QED) is 0.756. The highest BCUT2D eigenvalue weighted by Crippen LogP contribution is 2.43. The molecule has 0 unspecified atom stereocenters. The number of hydrogen-bond acceptors (Lipinski definition) is 4. The molecule has 0 aliphatic carbocycles. The fraction of sp³-hybridized carbons (Fsp3) is 0.529. The Morgan fingerprint density at radius 2 is 1.69 bits per heavy atom. The maximum Gasteiger partial charge on any atom is 0.408 e. The highest BCUT2D eigenvalue weighted by molar-refractivity contribution is 7.93. The minimum atomic E-state index is -4.98. The van der Waals surface area contributed by atoms with Crippen LogP contribution in [0.15, 0.2) is 21.4 Å². The number of benzene rings is 1. The van der Waals surface area contributed by atoms with Gasteiger partial charge in [-0.05, 0) is 26.0 Å². The van der Waals surface area contributed by atoms with Crippen molar-refractivity contribution in [3.63, 3.8) is 0 Å². The average Bonchev–Trinajstić information content (AvgIpc) is 2.89. The molecule has 0 spiro atoms. The molecule has 1 heterocycles. The van der Waals surface area contributed by atoms with Crippen molar-refractivity contribution >= 4 is 20.9 Å². The van der Waals surface area contributed by atoms with E-state index in [1.165, 1.54) is 19.2 Å². The normalized spacial score (nSPS) is 13.6. The van der Waals surface area contributed by atoms with Crippen LogP contribution in [0.25, 0.3) is 15.9 Å². The predicted molar refractivity (Wildman–Crippen MR) is 92.3 cm³/mol. The first-order valence-electron chi connectivity index (χ1n) is 7.75. The van der Waals surface area contributed by atoms with Crippen molar-refractivity contribution < 1.29 is 26.0 Å². The molecular weight excluding hydrogens is 369 g/mol. The van der Waals surface area contributed by atoms with E-state index in [1.54, 1.807) is 20.8 Å². The van der Waals surface area contributed by atoms with E-state index >= 15 is 0 Å². The van der Waals surface area contributed by atoms with Gasteiger partial charge in [-0.1, -0.05) is 25.6 Å². The highest BCUT2D eigenvalue weighted by atomic mass is 32.2. The van der Waals surface area contributed by atoms with E-state index in [-0.39, 0.29) is 22.6 Å². The molecule has 0 N–H and O–H groups in total. The second-order valence-corrected chi connectivity index (χ2v) is 9.84. The molecule has 0 fully saturated rings. The van der Waals surface area contributed by atoms with Gasteiger partial charge in [0.05, 0.1) is 0 Å². The van der Waals surface area contributed by atoms with Gasteiger partial charge in [0, 0.05) is 5.41 Å². The predicted octanol–water partition coefficient (Wildman–Crippen LogP) is 4.55. The van der Waals surface area contributed by atoms with Crippen LogP contribution in [0.3, 0.4) is 0 Å². The van der Waals surface area contributed by atoms with E-state index in [9.17, 15) is 21.6 Å². The lowest BCUT2D eigenvalue weighted by Crippen LogP contribution is -2.46. The Morgan fingerprint density at radius 1 is 1.12 bits per heavy atom. The van der Waals surface area contributed by atoms with Gasteiger partial charge in [0.15, 0.2) is 20.2 Å². The molecule has 1 aromatic heterocycles. The Labute approximate surface area is 150 Å². The molecule has 5 nitrogen and oxygen atoms in total. The maximum absolute atomic E-state index is 13.5. The fourth-order valence-corrected chi connectivity index (χ4v) is 3.78. The number of sulfone groups is 1. The standard InChI is InChI=1S/C17H20F3N2O3S/c1-15(2,3)14-22-11-8-7-10(9-21-6)13(12(11)25-14)26(23,24)16(4,5)17(18,19)20/h7-8H,1-6H3/q+1. The molecule has 0 bridgehead atoms. The fourth-order valence-electron chi connectivity index (χ4n) is 2.17. The molecule has 0 aliphatic heterocycles. The first-order valence-corrected chi connectivity index (χ1v) is 9.23. The Kier molecular flexibility index (Phi) is 4.65. The van der Waals surface area contributed by atoms with Gasteiger partial charge in [-0.25, -0.2) is 13.4 Å². The van der Waals surface area contributed by atoms with Gasteiger partial charge in [-0.15, -0.1) is 0 Å². The summed E-state index contributed by atoms with van der Waals surface area (Å²) in [4.78, 5) is 7.26. The van der Waals surface area contributed by atoms with Gasteiger partial charge >= 0.3 is 12.2 Å². The lowest BCUT2D eigenvalue weighted by atomic mass is 9.97. The minimum absolute atomic E-state index is 0.103. The van der Waals surface area contributed by atoms with Gasteiger partial charge in [-0.2, -0.15) is 13.2 Å². The maximum atomic E-state index is 13.5. The third-order valence-electron chi connectivity index (χ3n) is 4.01. The largest absolute Gasteiger partial charge is 0.439 e. The van der Waals surface area contributed by atoms with E-state index in [2.05, 4.69) is 15.9 Å². The molecule has 0 saturated carbocycles. The van der Waals surface area contributed by atoms with Crippen molar-refractivity contribution in [2.75, 3.05) is 7.05 Å². The summed E-state index contributed by atoms with van der Waals surface area (Å²) < 4.78 is 68.9. The third-order valence-corrected chi connectivity index (χ3v) is 6.53. The van der Waals surface area contributed by atoms with Crippen molar-refractivity contribution in [1.29, 1.82) is 0 Å². The molecule has 0 radical (unpaired) electrons. The summed E-state index contributed by atoms with van der Waals surface area (Å²) >= 11 is 0. The van der Waals surface area contributed by atoms with E-state index in [0.717, 1.165) is 0 Å². The van der Waals surface area contributed by atoms with Crippen LogP contribution in [0.2, 0.25) is 0 Å². The Morgan fingerprint density at radius 3 is 2.15 bits per heavy atom. The smallest absolute Gasteiger partial charge is 0.408 e. The third kappa shape index (κ3) is 3.07. The van der Waals surface area contributed by atoms with Crippen LogP contribution in [-0.4, -0.2) is 31.4 Å². The van der Waals surface area contributed by atoms with Crippen molar-refractivity contribution in [1.82, 2.24) is 4.98 Å². The summed E-state index contributed by atoms with van der Waals surface area (Å²) in [7, 11) is -3.55. The monoisotopic (exact) mass is 389 g/mol. The molecular formula is C17H20F3N2O3S+. The molecule has 142 valence electrons. The molecule has 0 saturated heterocycles. The summed E-state index contributed by atoms with van der Waals surface area (Å²) in [5.41, 5.74) is -0.717. The van der Waals surface area contributed by atoms with E-state index in [0.29, 0.717) is 13.8 Å². The number of halogens is 3. The van der Waals surface area contributed by atoms with Crippen LogP contribution in [0.5, 0.6) is 0 Å². The topological polar surface area (TPSA) is 64.5 Å². The Bertz CT molecular complexity index is 1020. The summed E-state index contributed by atoms with van der Waals surface area (Å²) in [6.45, 7) is 6.63. The van der Waals surface area contributed by atoms with Crippen LogP contribution in [0, 0.1) is 6.07 Å². The number of aromatic nitrogens is 1. The first-order chi connectivity index (χ1) is 11.6. The van der Waals surface area contributed by atoms with Crippen molar-refractivity contribution in [3.8, 4) is 6.07 Å². The Balaban J connectivity index is 2.97. The zero-order valence-corrected chi connectivity index (χ0v) is 16.1. The number of fused-ring (bicyclic) bond motifs is 1. The molecule has 1 aromatic carbocycles. The molecule has 26 heavy (non-hydrogen) atoms. The lowest BCUT2D eigenvalue weighted by molar-refractivity contribution is -0.153. The van der Waals surface area contributed by atoms with E-state index in [4.69, 9.17) is 4.42 Å². The summed E-state index contributed by atoms with van der Waals surface area (Å²) in [5.74, 6) is 0.222.